The van der Waals surface area contributed by atoms with Gasteiger partial charge in [-0.05, 0) is 24.2 Å². The number of amides is 1. The van der Waals surface area contributed by atoms with Gasteiger partial charge in [0.15, 0.2) is 0 Å². The molecule has 1 heterocycles. The minimum absolute atomic E-state index is 0.131. The third-order valence-corrected chi connectivity index (χ3v) is 1.99. The van der Waals surface area contributed by atoms with Crippen molar-refractivity contribution in [3.05, 3.63) is 23.1 Å². The molecule has 0 aromatic carbocycles. The molecule has 0 fully saturated rings. The highest BCUT2D eigenvalue weighted by molar-refractivity contribution is 6.32. The number of halogens is 1. The highest BCUT2D eigenvalue weighted by Crippen LogP contribution is 2.15. The Labute approximate surface area is 87.6 Å². The van der Waals surface area contributed by atoms with Crippen LogP contribution in [0.3, 0.4) is 0 Å². The zero-order chi connectivity index (χ0) is 10.4. The molecule has 5 heteroatoms. The second-order valence-electron chi connectivity index (χ2n) is 2.72. The molecule has 0 bridgehead atoms. The fourth-order valence-corrected chi connectivity index (χ4v) is 1.19. The number of hydrogen-bond acceptors (Lipinski definition) is 3. The van der Waals surface area contributed by atoms with Crippen LogP contribution in [0.25, 0.3) is 0 Å². The number of nitrogens with one attached hydrogen (secondary N) is 2. The molecular formula is C9H13ClN2O2. The zero-order valence-corrected chi connectivity index (χ0v) is 8.73. The molecule has 1 rings (SSSR count). The lowest BCUT2D eigenvalue weighted by Crippen LogP contribution is -2.31. The van der Waals surface area contributed by atoms with E-state index in [4.69, 9.17) is 16.0 Å². The van der Waals surface area contributed by atoms with Gasteiger partial charge in [-0.1, -0.05) is 6.92 Å². The van der Waals surface area contributed by atoms with E-state index in [0.717, 1.165) is 13.1 Å². The van der Waals surface area contributed by atoms with E-state index < -0.39 is 0 Å². The second-order valence-corrected chi connectivity index (χ2v) is 3.06. The van der Waals surface area contributed by atoms with Gasteiger partial charge in [0.1, 0.15) is 0 Å². The van der Waals surface area contributed by atoms with Crippen LogP contribution in [0.1, 0.15) is 17.3 Å². The SMILES string of the molecule is CCNCCNC(=O)c1ccoc1Cl. The van der Waals surface area contributed by atoms with Gasteiger partial charge in [0.25, 0.3) is 5.91 Å². The molecule has 0 saturated carbocycles. The summed E-state index contributed by atoms with van der Waals surface area (Å²) in [6.45, 7) is 4.23. The van der Waals surface area contributed by atoms with E-state index in [2.05, 4.69) is 10.6 Å². The Bertz CT molecular complexity index is 299. The molecule has 4 nitrogen and oxygen atoms in total. The van der Waals surface area contributed by atoms with E-state index in [1.165, 1.54) is 6.26 Å². The van der Waals surface area contributed by atoms with E-state index in [1.54, 1.807) is 6.07 Å². The van der Waals surface area contributed by atoms with Crippen molar-refractivity contribution in [3.8, 4) is 0 Å². The van der Waals surface area contributed by atoms with Crippen LogP contribution in [0.4, 0.5) is 0 Å². The highest BCUT2D eigenvalue weighted by atomic mass is 35.5. The molecule has 2 N–H and O–H groups in total. The van der Waals surface area contributed by atoms with Crippen molar-refractivity contribution in [2.45, 2.75) is 6.92 Å². The monoisotopic (exact) mass is 216 g/mol. The zero-order valence-electron chi connectivity index (χ0n) is 7.97. The molecule has 0 radical (unpaired) electrons. The lowest BCUT2D eigenvalue weighted by atomic mass is 10.3. The van der Waals surface area contributed by atoms with Crippen molar-refractivity contribution in [2.75, 3.05) is 19.6 Å². The van der Waals surface area contributed by atoms with Gasteiger partial charge >= 0.3 is 0 Å². The molecule has 1 aromatic rings. The van der Waals surface area contributed by atoms with Gasteiger partial charge in [0.2, 0.25) is 5.22 Å². The Balaban J connectivity index is 2.32. The lowest BCUT2D eigenvalue weighted by molar-refractivity contribution is 0.0953. The standard InChI is InChI=1S/C9H13ClN2O2/c1-2-11-4-5-12-9(13)7-3-6-14-8(7)10/h3,6,11H,2,4-5H2,1H3,(H,12,13). The van der Waals surface area contributed by atoms with Gasteiger partial charge in [0.05, 0.1) is 11.8 Å². The Morgan fingerprint density at radius 3 is 2.93 bits per heavy atom. The average Bonchev–Trinajstić information content (AvgIpc) is 2.59. The average molecular weight is 217 g/mol. The Morgan fingerprint density at radius 2 is 2.36 bits per heavy atom. The maximum absolute atomic E-state index is 11.4. The van der Waals surface area contributed by atoms with Crippen LogP contribution in [0, 0.1) is 0 Å². The Morgan fingerprint density at radius 1 is 1.57 bits per heavy atom. The van der Waals surface area contributed by atoms with Crippen LogP contribution in [0.5, 0.6) is 0 Å². The molecule has 1 aromatic heterocycles. The molecule has 0 atom stereocenters. The molecular weight excluding hydrogens is 204 g/mol. The molecule has 0 saturated heterocycles. The first kappa shape index (κ1) is 11.1. The first-order valence-electron chi connectivity index (χ1n) is 4.47. The quantitative estimate of drug-likeness (QED) is 0.729. The highest BCUT2D eigenvalue weighted by Gasteiger charge is 2.11. The third kappa shape index (κ3) is 3.05. The number of carbonyl (C=O) groups excluding carboxylic acids is 1. The van der Waals surface area contributed by atoms with Gasteiger partial charge < -0.3 is 15.1 Å². The summed E-state index contributed by atoms with van der Waals surface area (Å²) in [5, 5.41) is 5.94. The van der Waals surface area contributed by atoms with Crippen LogP contribution in [-0.4, -0.2) is 25.5 Å². The van der Waals surface area contributed by atoms with Gasteiger partial charge in [0, 0.05) is 13.1 Å². The van der Waals surface area contributed by atoms with Crippen molar-refractivity contribution in [1.29, 1.82) is 0 Å². The first-order chi connectivity index (χ1) is 6.75. The van der Waals surface area contributed by atoms with Crippen molar-refractivity contribution in [2.24, 2.45) is 0 Å². The summed E-state index contributed by atoms with van der Waals surface area (Å²) in [6, 6.07) is 1.55. The van der Waals surface area contributed by atoms with Gasteiger partial charge in [-0.2, -0.15) is 0 Å². The number of rotatable bonds is 5. The summed E-state index contributed by atoms with van der Waals surface area (Å²) in [4.78, 5) is 11.4. The number of carbonyl (C=O) groups is 1. The number of furan rings is 1. The fourth-order valence-electron chi connectivity index (χ4n) is 0.992. The molecule has 0 spiro atoms. The third-order valence-electron chi connectivity index (χ3n) is 1.70. The van der Waals surface area contributed by atoms with Gasteiger partial charge in [-0.15, -0.1) is 0 Å². The largest absolute Gasteiger partial charge is 0.452 e. The van der Waals surface area contributed by atoms with Crippen LogP contribution in [-0.2, 0) is 0 Å². The van der Waals surface area contributed by atoms with Crippen LogP contribution in [0.15, 0.2) is 16.7 Å². The molecule has 0 aliphatic carbocycles. The number of likely N-dealkylation sites (N-methyl/N-ethyl adjacent to an activating group) is 1. The van der Waals surface area contributed by atoms with Crippen molar-refractivity contribution in [1.82, 2.24) is 10.6 Å². The topological polar surface area (TPSA) is 54.3 Å². The van der Waals surface area contributed by atoms with Crippen molar-refractivity contribution < 1.29 is 9.21 Å². The second kappa shape index (κ2) is 5.67. The van der Waals surface area contributed by atoms with Crippen molar-refractivity contribution >= 4 is 17.5 Å². The minimum Gasteiger partial charge on any atom is -0.452 e. The van der Waals surface area contributed by atoms with E-state index in [0.29, 0.717) is 12.1 Å². The normalized spacial score (nSPS) is 10.1. The maximum atomic E-state index is 11.4. The summed E-state index contributed by atoms with van der Waals surface area (Å²) in [7, 11) is 0. The lowest BCUT2D eigenvalue weighted by Gasteiger charge is -2.03. The molecule has 14 heavy (non-hydrogen) atoms. The van der Waals surface area contributed by atoms with E-state index >= 15 is 0 Å². The smallest absolute Gasteiger partial charge is 0.256 e. The van der Waals surface area contributed by atoms with Crippen LogP contribution >= 0.6 is 11.6 Å². The summed E-state index contributed by atoms with van der Waals surface area (Å²) < 4.78 is 4.80. The van der Waals surface area contributed by atoms with E-state index in [1.807, 2.05) is 6.92 Å². The molecule has 0 unspecified atom stereocenters. The molecule has 1 amide bonds. The maximum Gasteiger partial charge on any atom is 0.256 e. The summed E-state index contributed by atoms with van der Waals surface area (Å²) in [5.74, 6) is -0.207. The van der Waals surface area contributed by atoms with Gasteiger partial charge in [-0.25, -0.2) is 0 Å². The molecule has 0 aliphatic rings. The van der Waals surface area contributed by atoms with Crippen molar-refractivity contribution in [3.63, 3.8) is 0 Å². The molecule has 78 valence electrons. The first-order valence-corrected chi connectivity index (χ1v) is 4.85. The minimum atomic E-state index is -0.207. The predicted octanol–water partition coefficient (Wildman–Crippen LogP) is 1.27. The Kier molecular flexibility index (Phi) is 4.49. The summed E-state index contributed by atoms with van der Waals surface area (Å²) >= 11 is 5.63. The fraction of sp³-hybridized carbons (Fsp3) is 0.444. The summed E-state index contributed by atoms with van der Waals surface area (Å²) in [6.07, 6.45) is 1.39. The van der Waals surface area contributed by atoms with Crippen LogP contribution < -0.4 is 10.6 Å². The van der Waals surface area contributed by atoms with Gasteiger partial charge in [-0.3, -0.25) is 4.79 Å². The van der Waals surface area contributed by atoms with E-state index in [9.17, 15) is 4.79 Å². The Hall–Kier alpha value is -1.00. The van der Waals surface area contributed by atoms with E-state index in [-0.39, 0.29) is 11.1 Å². The summed E-state index contributed by atoms with van der Waals surface area (Å²) in [5.41, 5.74) is 0.378. The predicted molar refractivity (Wildman–Crippen MR) is 54.6 cm³/mol. The molecule has 0 aliphatic heterocycles. The van der Waals surface area contributed by atoms with Crippen LogP contribution in [0.2, 0.25) is 5.22 Å². The number of hydrogen-bond donors (Lipinski definition) is 2.